The third kappa shape index (κ3) is 4.99. The molecule has 3 rings (SSSR count). The zero-order valence-electron chi connectivity index (χ0n) is 16.6. The highest BCUT2D eigenvalue weighted by Crippen LogP contribution is 2.43. The Labute approximate surface area is 194 Å². The first-order valence-corrected chi connectivity index (χ1v) is 12.1. The number of hydrogen-bond donors (Lipinski definition) is 4. The number of carboxylic acid groups (broad SMARTS) is 2. The highest BCUT2D eigenvalue weighted by Gasteiger charge is 2.54. The molecular formula is C17H19N5O7S3. The summed E-state index contributed by atoms with van der Waals surface area (Å²) < 4.78 is 0. The summed E-state index contributed by atoms with van der Waals surface area (Å²) in [6.07, 6.45) is -0.325. The van der Waals surface area contributed by atoms with Gasteiger partial charge in [0.15, 0.2) is 10.8 Å². The van der Waals surface area contributed by atoms with Crippen molar-refractivity contribution in [3.63, 3.8) is 0 Å². The van der Waals surface area contributed by atoms with Crippen molar-refractivity contribution < 1.29 is 34.2 Å². The second-order valence-electron chi connectivity index (χ2n) is 6.36. The van der Waals surface area contributed by atoms with Gasteiger partial charge < -0.3 is 26.1 Å². The van der Waals surface area contributed by atoms with Crippen molar-refractivity contribution in [1.29, 1.82) is 0 Å². The van der Waals surface area contributed by atoms with Crippen LogP contribution >= 0.6 is 34.9 Å². The Balaban J connectivity index is 1.76. The molecular weight excluding hydrogens is 482 g/mol. The smallest absolute Gasteiger partial charge is 0.353 e. The first-order valence-electron chi connectivity index (χ1n) is 9.22. The fourth-order valence-corrected chi connectivity index (χ4v) is 5.88. The molecule has 0 aliphatic carbocycles. The van der Waals surface area contributed by atoms with E-state index in [0.29, 0.717) is 16.4 Å². The molecule has 12 nitrogen and oxygen atoms in total. The zero-order valence-corrected chi connectivity index (χ0v) is 19.1. The van der Waals surface area contributed by atoms with Crippen LogP contribution in [0.15, 0.2) is 21.1 Å². The minimum atomic E-state index is -1.20. The minimum absolute atomic E-state index is 0.0609. The maximum atomic E-state index is 12.9. The molecule has 0 radical (unpaired) electrons. The number of fused-ring (bicyclic) bond motifs is 1. The summed E-state index contributed by atoms with van der Waals surface area (Å²) in [5.41, 5.74) is 5.39. The Morgan fingerprint density at radius 3 is 2.78 bits per heavy atom. The predicted molar refractivity (Wildman–Crippen MR) is 119 cm³/mol. The van der Waals surface area contributed by atoms with Gasteiger partial charge in [-0.25, -0.2) is 9.78 Å². The quantitative estimate of drug-likeness (QED) is 0.150. The van der Waals surface area contributed by atoms with Gasteiger partial charge in [0, 0.05) is 16.0 Å². The lowest BCUT2D eigenvalue weighted by molar-refractivity contribution is -0.150. The van der Waals surface area contributed by atoms with Gasteiger partial charge in [-0.05, 0) is 5.75 Å². The van der Waals surface area contributed by atoms with Crippen LogP contribution in [0.25, 0.3) is 0 Å². The number of amides is 2. The summed E-state index contributed by atoms with van der Waals surface area (Å²) >= 11 is 3.78. The molecule has 1 unspecified atom stereocenters. The molecule has 1 fully saturated rings. The molecule has 172 valence electrons. The van der Waals surface area contributed by atoms with Crippen LogP contribution in [0.5, 0.6) is 0 Å². The molecule has 0 aromatic carbocycles. The van der Waals surface area contributed by atoms with Gasteiger partial charge in [-0.3, -0.25) is 19.3 Å². The molecule has 2 amide bonds. The molecule has 1 saturated heterocycles. The van der Waals surface area contributed by atoms with Crippen molar-refractivity contribution in [3.8, 4) is 0 Å². The molecule has 15 heteroatoms. The van der Waals surface area contributed by atoms with Gasteiger partial charge >= 0.3 is 11.9 Å². The largest absolute Gasteiger partial charge is 0.481 e. The van der Waals surface area contributed by atoms with Gasteiger partial charge in [-0.1, -0.05) is 12.1 Å². The molecule has 0 bridgehead atoms. The second kappa shape index (κ2) is 10.2. The first kappa shape index (κ1) is 23.9. The van der Waals surface area contributed by atoms with Crippen LogP contribution in [0.2, 0.25) is 0 Å². The topological polar surface area (TPSA) is 185 Å². The van der Waals surface area contributed by atoms with E-state index in [9.17, 15) is 24.3 Å². The Morgan fingerprint density at radius 2 is 2.19 bits per heavy atom. The number of nitrogens with two attached hydrogens (primary N) is 1. The number of nitrogens with zero attached hydrogens (tertiary/aromatic N) is 3. The van der Waals surface area contributed by atoms with E-state index in [0.717, 1.165) is 11.3 Å². The molecule has 2 aliphatic rings. The third-order valence-electron chi connectivity index (χ3n) is 4.28. The lowest BCUT2D eigenvalue weighted by Gasteiger charge is -2.49. The number of β-lactam (4-membered cyclic amide) rings is 1. The average molecular weight is 502 g/mol. The lowest BCUT2D eigenvalue weighted by Crippen LogP contribution is -2.71. The number of thioether (sulfide) groups is 2. The van der Waals surface area contributed by atoms with Crippen LogP contribution in [0, 0.1) is 0 Å². The number of rotatable bonds is 10. The highest BCUT2D eigenvalue weighted by atomic mass is 32.2. The summed E-state index contributed by atoms with van der Waals surface area (Å²) in [6.45, 7) is 1.62. The van der Waals surface area contributed by atoms with E-state index in [1.165, 1.54) is 33.8 Å². The van der Waals surface area contributed by atoms with E-state index in [4.69, 9.17) is 15.7 Å². The molecule has 0 saturated carbocycles. The molecule has 1 aromatic heterocycles. The van der Waals surface area contributed by atoms with E-state index >= 15 is 0 Å². The van der Waals surface area contributed by atoms with E-state index in [1.54, 1.807) is 0 Å². The summed E-state index contributed by atoms with van der Waals surface area (Å²) in [5.74, 6) is -2.55. The number of aromatic nitrogens is 1. The molecule has 2 aliphatic heterocycles. The predicted octanol–water partition coefficient (Wildman–Crippen LogP) is 0.370. The fraction of sp³-hybridized carbons (Fsp3) is 0.412. The third-order valence-corrected chi connectivity index (χ3v) is 7.40. The average Bonchev–Trinajstić information content (AvgIpc) is 3.17. The number of hydrogen-bond acceptors (Lipinski definition) is 11. The van der Waals surface area contributed by atoms with Crippen molar-refractivity contribution in [2.75, 3.05) is 23.8 Å². The molecule has 1 aromatic rings. The number of nitrogens with one attached hydrogen (secondary N) is 1. The van der Waals surface area contributed by atoms with Gasteiger partial charge in [0.1, 0.15) is 29.4 Å². The van der Waals surface area contributed by atoms with E-state index in [2.05, 4.69) is 15.5 Å². The molecule has 3 heterocycles. The van der Waals surface area contributed by atoms with Gasteiger partial charge in [-0.15, -0.1) is 34.9 Å². The van der Waals surface area contributed by atoms with E-state index < -0.39 is 35.2 Å². The number of aliphatic carboxylic acids is 2. The van der Waals surface area contributed by atoms with Crippen molar-refractivity contribution in [2.24, 2.45) is 5.16 Å². The van der Waals surface area contributed by atoms with E-state index in [1.807, 2.05) is 6.92 Å². The van der Waals surface area contributed by atoms with Gasteiger partial charge in [-0.2, -0.15) is 0 Å². The lowest BCUT2D eigenvalue weighted by atomic mass is 10.0. The summed E-state index contributed by atoms with van der Waals surface area (Å²) in [5, 5.41) is 25.6. The standard InChI is InChI=1S/C17H19N5O7S3/c1-2-30-8-6-31-15-11(14(26)22(15)12(8)16(27)28)20-13(25)10(7-5-32-17(18)19-7)21-29-4-3-9(23)24/h5,11,15H,2-4,6H2,1H3,(H2,18,19)(H,20,25)(H,23,24)(H,27,28)/t11?,15-/m0/s1. The number of oxime groups is 1. The van der Waals surface area contributed by atoms with Crippen molar-refractivity contribution in [1.82, 2.24) is 15.2 Å². The number of carbonyl (C=O) groups is 4. The van der Waals surface area contributed by atoms with Gasteiger partial charge in [0.05, 0.1) is 6.42 Å². The number of carboxylic acids is 2. The molecule has 2 atom stereocenters. The number of anilines is 1. The molecule has 0 spiro atoms. The Bertz CT molecular complexity index is 1010. The Hall–Kier alpha value is -2.78. The van der Waals surface area contributed by atoms with Crippen LogP contribution in [0.4, 0.5) is 5.13 Å². The summed E-state index contributed by atoms with van der Waals surface area (Å²) in [6, 6.07) is -0.963. The minimum Gasteiger partial charge on any atom is -0.481 e. The SMILES string of the molecule is CCSC1=C(C(=O)O)N2C(=O)C(NC(=O)C(=NOCCC(=O)O)c3csc(N)n3)[C@@H]2SC1. The Kier molecular flexibility index (Phi) is 7.63. The summed E-state index contributed by atoms with van der Waals surface area (Å²) in [7, 11) is 0. The summed E-state index contributed by atoms with van der Waals surface area (Å²) in [4.78, 5) is 58.6. The number of thiazole rings is 1. The molecule has 32 heavy (non-hydrogen) atoms. The van der Waals surface area contributed by atoms with Gasteiger partial charge in [0.25, 0.3) is 11.8 Å². The van der Waals surface area contributed by atoms with Crippen LogP contribution in [0.1, 0.15) is 19.0 Å². The normalized spacial score (nSPS) is 20.5. The van der Waals surface area contributed by atoms with Crippen LogP contribution < -0.4 is 11.1 Å². The van der Waals surface area contributed by atoms with Crippen molar-refractivity contribution in [3.05, 3.63) is 21.7 Å². The van der Waals surface area contributed by atoms with Crippen molar-refractivity contribution >= 4 is 69.5 Å². The molecule has 5 N–H and O–H groups in total. The zero-order chi connectivity index (χ0) is 23.4. The fourth-order valence-electron chi connectivity index (χ4n) is 2.93. The Morgan fingerprint density at radius 1 is 1.44 bits per heavy atom. The second-order valence-corrected chi connectivity index (χ2v) is 9.71. The van der Waals surface area contributed by atoms with E-state index in [-0.39, 0.29) is 35.3 Å². The number of carbonyl (C=O) groups excluding carboxylic acids is 2. The maximum absolute atomic E-state index is 12.9. The monoisotopic (exact) mass is 501 g/mol. The highest BCUT2D eigenvalue weighted by molar-refractivity contribution is 8.06. The van der Waals surface area contributed by atoms with Gasteiger partial charge in [0.2, 0.25) is 0 Å². The van der Waals surface area contributed by atoms with Crippen LogP contribution in [-0.4, -0.2) is 79.1 Å². The maximum Gasteiger partial charge on any atom is 0.353 e. The first-order chi connectivity index (χ1) is 15.2. The van der Waals surface area contributed by atoms with Crippen molar-refractivity contribution in [2.45, 2.75) is 24.8 Å². The van der Waals surface area contributed by atoms with Crippen LogP contribution in [0.3, 0.4) is 0 Å². The number of nitrogen functional groups attached to an aromatic ring is 1. The van der Waals surface area contributed by atoms with Crippen LogP contribution in [-0.2, 0) is 24.0 Å².